The summed E-state index contributed by atoms with van der Waals surface area (Å²) in [6, 6.07) is 0. The number of fused-ring (bicyclic) bond motifs is 1. The first kappa shape index (κ1) is 18.7. The number of aromatic amines is 1. The highest BCUT2D eigenvalue weighted by molar-refractivity contribution is 5.70. The average molecular weight is 362 g/mol. The quantitative estimate of drug-likeness (QED) is 0.777. The summed E-state index contributed by atoms with van der Waals surface area (Å²) >= 11 is 0. The molecule has 0 aliphatic rings. The Bertz CT molecular complexity index is 894. The van der Waals surface area contributed by atoms with Crippen LogP contribution in [0.15, 0.2) is 9.59 Å². The van der Waals surface area contributed by atoms with Gasteiger partial charge >= 0.3 is 17.8 Å². The summed E-state index contributed by atoms with van der Waals surface area (Å²) in [5.41, 5.74) is -2.50. The van der Waals surface area contributed by atoms with Crippen LogP contribution in [0.1, 0.15) is 38.4 Å². The molecule has 11 heteroatoms. The van der Waals surface area contributed by atoms with Crippen LogP contribution in [-0.4, -0.2) is 30.2 Å². The lowest BCUT2D eigenvalue weighted by atomic mass is 10.3. The van der Waals surface area contributed by atoms with Gasteiger partial charge in [-0.3, -0.25) is 18.7 Å². The van der Waals surface area contributed by atoms with Crippen molar-refractivity contribution < 1.29 is 23.1 Å². The van der Waals surface area contributed by atoms with Crippen molar-refractivity contribution in [3.8, 4) is 0 Å². The lowest BCUT2D eigenvalue weighted by Gasteiger charge is -2.10. The van der Waals surface area contributed by atoms with Gasteiger partial charge in [-0.25, -0.2) is 9.78 Å². The number of nitrogens with one attached hydrogen (secondary N) is 1. The molecule has 0 amide bonds. The lowest BCUT2D eigenvalue weighted by Crippen LogP contribution is -2.40. The minimum Gasteiger partial charge on any atom is -0.481 e. The van der Waals surface area contributed by atoms with Gasteiger partial charge in [-0.15, -0.1) is 0 Å². The van der Waals surface area contributed by atoms with Crippen LogP contribution in [0.5, 0.6) is 0 Å². The predicted molar refractivity (Wildman–Crippen MR) is 81.4 cm³/mol. The molecule has 0 unspecified atom stereocenters. The number of unbranched alkanes of at least 4 members (excludes halogenated alkanes) is 1. The Kier molecular flexibility index (Phi) is 5.33. The van der Waals surface area contributed by atoms with Crippen LogP contribution in [0.4, 0.5) is 13.2 Å². The molecular formula is C14H17F3N4O4. The molecule has 8 nitrogen and oxygen atoms in total. The third kappa shape index (κ3) is 3.91. The van der Waals surface area contributed by atoms with E-state index in [4.69, 9.17) is 5.11 Å². The van der Waals surface area contributed by atoms with Crippen molar-refractivity contribution >= 4 is 17.1 Å². The van der Waals surface area contributed by atoms with Crippen molar-refractivity contribution in [1.82, 2.24) is 19.1 Å². The number of carboxylic acids is 1. The monoisotopic (exact) mass is 362 g/mol. The van der Waals surface area contributed by atoms with E-state index in [0.717, 1.165) is 9.13 Å². The maximum absolute atomic E-state index is 12.9. The van der Waals surface area contributed by atoms with Crippen LogP contribution in [0, 0.1) is 0 Å². The van der Waals surface area contributed by atoms with E-state index < -0.39 is 34.7 Å². The Hall–Kier alpha value is -2.59. The number of H-pyrrole nitrogens is 1. The number of aromatic nitrogens is 4. The molecule has 0 saturated carbocycles. The second kappa shape index (κ2) is 7.11. The van der Waals surface area contributed by atoms with E-state index in [1.54, 1.807) is 0 Å². The Morgan fingerprint density at radius 2 is 1.84 bits per heavy atom. The topological polar surface area (TPSA) is 110 Å². The third-order valence-corrected chi connectivity index (χ3v) is 3.64. The second-order valence-corrected chi connectivity index (χ2v) is 5.52. The summed E-state index contributed by atoms with van der Waals surface area (Å²) in [6.45, 7) is 1.75. The van der Waals surface area contributed by atoms with E-state index in [1.807, 2.05) is 11.9 Å². The van der Waals surface area contributed by atoms with E-state index in [9.17, 15) is 27.6 Å². The zero-order valence-corrected chi connectivity index (χ0v) is 13.4. The normalized spacial score (nSPS) is 12.0. The molecule has 2 heterocycles. The molecule has 138 valence electrons. The Morgan fingerprint density at radius 3 is 2.40 bits per heavy atom. The zero-order chi connectivity index (χ0) is 18.8. The van der Waals surface area contributed by atoms with Gasteiger partial charge in [0.15, 0.2) is 5.65 Å². The lowest BCUT2D eigenvalue weighted by molar-refractivity contribution is -0.144. The second-order valence-electron chi connectivity index (χ2n) is 5.52. The first-order chi connectivity index (χ1) is 11.7. The van der Waals surface area contributed by atoms with E-state index >= 15 is 0 Å². The van der Waals surface area contributed by atoms with Crippen LogP contribution < -0.4 is 11.2 Å². The number of hydrogen-bond donors (Lipinski definition) is 2. The molecule has 2 N–H and O–H groups in total. The molecular weight excluding hydrogens is 345 g/mol. The molecule has 0 aromatic carbocycles. The zero-order valence-electron chi connectivity index (χ0n) is 13.4. The number of alkyl halides is 3. The first-order valence-corrected chi connectivity index (χ1v) is 7.69. The van der Waals surface area contributed by atoms with Crippen LogP contribution in [0.25, 0.3) is 11.2 Å². The van der Waals surface area contributed by atoms with Gasteiger partial charge in [0.05, 0.1) is 0 Å². The summed E-state index contributed by atoms with van der Waals surface area (Å²) in [6.07, 6.45) is -3.86. The van der Waals surface area contributed by atoms with Gasteiger partial charge in [0.2, 0.25) is 5.82 Å². The van der Waals surface area contributed by atoms with E-state index in [0.29, 0.717) is 12.8 Å². The fourth-order valence-corrected chi connectivity index (χ4v) is 2.40. The summed E-state index contributed by atoms with van der Waals surface area (Å²) in [7, 11) is 0. The van der Waals surface area contributed by atoms with Gasteiger partial charge in [0.1, 0.15) is 5.52 Å². The Labute approximate surface area is 138 Å². The largest absolute Gasteiger partial charge is 0.481 e. The SMILES string of the molecule is CCCCn1c(=O)n(CCCC(=O)O)c(=O)c2[nH]c(C(F)(F)F)nc21. The predicted octanol–water partition coefficient (Wildman–Crippen LogP) is 1.57. The van der Waals surface area contributed by atoms with Crippen LogP contribution in [0.2, 0.25) is 0 Å². The molecule has 25 heavy (non-hydrogen) atoms. The number of carbonyl (C=O) groups is 1. The van der Waals surface area contributed by atoms with Crippen molar-refractivity contribution in [2.24, 2.45) is 0 Å². The molecule has 0 spiro atoms. The molecule has 2 aromatic rings. The molecule has 2 rings (SSSR count). The van der Waals surface area contributed by atoms with Gasteiger partial charge in [0.25, 0.3) is 5.56 Å². The van der Waals surface area contributed by atoms with E-state index in [-0.39, 0.29) is 31.6 Å². The van der Waals surface area contributed by atoms with Crippen molar-refractivity contribution in [3.05, 3.63) is 26.7 Å². The molecule has 0 atom stereocenters. The maximum atomic E-state index is 12.9. The standard InChI is InChI=1S/C14H17F3N4O4/c1-2-3-6-20-10-9(18-12(19-10)14(15,16)17)11(24)21(13(20)25)7-4-5-8(22)23/h2-7H2,1H3,(H,18,19)(H,22,23). The number of halogens is 3. The van der Waals surface area contributed by atoms with Crippen LogP contribution in [-0.2, 0) is 24.1 Å². The number of imidazole rings is 1. The Balaban J connectivity index is 2.63. The van der Waals surface area contributed by atoms with Crippen molar-refractivity contribution in [3.63, 3.8) is 0 Å². The van der Waals surface area contributed by atoms with Crippen molar-refractivity contribution in [2.45, 2.75) is 51.9 Å². The minimum atomic E-state index is -4.79. The number of rotatable bonds is 7. The fourth-order valence-electron chi connectivity index (χ4n) is 2.40. The van der Waals surface area contributed by atoms with Crippen molar-refractivity contribution in [1.29, 1.82) is 0 Å². The number of aryl methyl sites for hydroxylation is 1. The molecule has 0 saturated heterocycles. The molecule has 2 aromatic heterocycles. The third-order valence-electron chi connectivity index (χ3n) is 3.64. The highest BCUT2D eigenvalue weighted by Gasteiger charge is 2.36. The van der Waals surface area contributed by atoms with Gasteiger partial charge < -0.3 is 10.1 Å². The van der Waals surface area contributed by atoms with Gasteiger partial charge in [-0.05, 0) is 12.8 Å². The summed E-state index contributed by atoms with van der Waals surface area (Å²) < 4.78 is 40.4. The van der Waals surface area contributed by atoms with Crippen LogP contribution in [0.3, 0.4) is 0 Å². The van der Waals surface area contributed by atoms with E-state index in [1.165, 1.54) is 0 Å². The highest BCUT2D eigenvalue weighted by Crippen LogP contribution is 2.27. The number of hydrogen-bond acceptors (Lipinski definition) is 4. The van der Waals surface area contributed by atoms with Crippen molar-refractivity contribution in [2.75, 3.05) is 0 Å². The minimum absolute atomic E-state index is 0.00400. The summed E-state index contributed by atoms with van der Waals surface area (Å²) in [5, 5.41) is 8.65. The number of aliphatic carboxylic acids is 1. The fraction of sp³-hybridized carbons (Fsp3) is 0.571. The van der Waals surface area contributed by atoms with Crippen LogP contribution >= 0.6 is 0 Å². The van der Waals surface area contributed by atoms with Gasteiger partial charge in [-0.1, -0.05) is 13.3 Å². The van der Waals surface area contributed by atoms with Gasteiger partial charge in [-0.2, -0.15) is 13.2 Å². The molecule has 0 aliphatic carbocycles. The molecule has 0 aliphatic heterocycles. The molecule has 0 fully saturated rings. The molecule has 0 bridgehead atoms. The smallest absolute Gasteiger partial charge is 0.449 e. The summed E-state index contributed by atoms with van der Waals surface area (Å²) in [4.78, 5) is 40.7. The number of nitrogens with zero attached hydrogens (tertiary/aromatic N) is 3. The molecule has 0 radical (unpaired) electrons. The highest BCUT2D eigenvalue weighted by atomic mass is 19.4. The average Bonchev–Trinajstić information content (AvgIpc) is 2.96. The summed E-state index contributed by atoms with van der Waals surface area (Å²) in [5.74, 6) is -2.45. The van der Waals surface area contributed by atoms with Gasteiger partial charge in [0, 0.05) is 19.5 Å². The first-order valence-electron chi connectivity index (χ1n) is 7.69. The number of carboxylic acid groups (broad SMARTS) is 1. The maximum Gasteiger partial charge on any atom is 0.449 e. The Morgan fingerprint density at radius 1 is 1.20 bits per heavy atom. The van der Waals surface area contributed by atoms with E-state index in [2.05, 4.69) is 4.98 Å².